The lowest BCUT2D eigenvalue weighted by molar-refractivity contribution is 0.619. The summed E-state index contributed by atoms with van der Waals surface area (Å²) < 4.78 is 22.3. The Balaban J connectivity index is 1.18. The molecular formula is C49H29N3O3. The Morgan fingerprint density at radius 1 is 0.436 bits per heavy atom. The topological polar surface area (TPSA) is 60.5 Å². The first kappa shape index (κ1) is 29.9. The van der Waals surface area contributed by atoms with E-state index < -0.39 is 0 Å². The third kappa shape index (κ3) is 4.46. The molecule has 0 unspecified atom stereocenters. The molecule has 0 aliphatic rings. The van der Waals surface area contributed by atoms with Gasteiger partial charge in [0.2, 0.25) is 5.89 Å². The number of fused-ring (bicyclic) bond motifs is 11. The van der Waals surface area contributed by atoms with Crippen molar-refractivity contribution < 1.29 is 13.3 Å². The molecule has 0 fully saturated rings. The van der Waals surface area contributed by atoms with Crippen molar-refractivity contribution >= 4 is 93.8 Å². The fourth-order valence-electron chi connectivity index (χ4n) is 8.37. The largest absolute Gasteiger partial charge is 0.456 e. The zero-order valence-electron chi connectivity index (χ0n) is 29.3. The van der Waals surface area contributed by atoms with Gasteiger partial charge in [0.15, 0.2) is 5.58 Å². The normalized spacial score (nSPS) is 12.0. The quantitative estimate of drug-likeness (QED) is 0.178. The summed E-state index contributed by atoms with van der Waals surface area (Å²) in [7, 11) is 0. The first-order valence-electron chi connectivity index (χ1n) is 18.4. The van der Waals surface area contributed by atoms with Gasteiger partial charge in [-0.15, -0.1) is 0 Å². The third-order valence-electron chi connectivity index (χ3n) is 10.8. The summed E-state index contributed by atoms with van der Waals surface area (Å²) in [6.07, 6.45) is 0. The van der Waals surface area contributed by atoms with Crippen LogP contribution >= 0.6 is 0 Å². The molecule has 6 heteroatoms. The molecule has 0 aliphatic carbocycles. The van der Waals surface area contributed by atoms with E-state index >= 15 is 0 Å². The van der Waals surface area contributed by atoms with Crippen LogP contribution in [0, 0.1) is 0 Å². The van der Waals surface area contributed by atoms with Crippen LogP contribution in [0.1, 0.15) is 0 Å². The number of para-hydroxylation sites is 4. The molecule has 0 atom stereocenters. The molecule has 0 saturated carbocycles. The molecule has 4 heterocycles. The standard InChI is InChI=1S/C49H29N3O3/c1-3-13-30(14-4-1)49-50-47-46-37-19-9-12-22-43(37)54-45(46)29-41(48(47)55-49)51(33-23-25-36-35-18-8-11-21-42(35)53-44(36)28-33)32-24-26-40-38(27-32)34-17-7-10-20-39(34)52(40)31-15-5-2-6-16-31/h1-29H. The lowest BCUT2D eigenvalue weighted by Crippen LogP contribution is -2.10. The van der Waals surface area contributed by atoms with Gasteiger partial charge in [-0.05, 0) is 72.8 Å². The van der Waals surface area contributed by atoms with E-state index in [-0.39, 0.29) is 0 Å². The Kier molecular flexibility index (Phi) is 6.24. The minimum atomic E-state index is 0.545. The number of hydrogen-bond donors (Lipinski definition) is 0. The van der Waals surface area contributed by atoms with E-state index in [9.17, 15) is 0 Å². The maximum atomic E-state index is 6.87. The van der Waals surface area contributed by atoms with Crippen molar-refractivity contribution in [3.8, 4) is 17.1 Å². The first-order valence-corrected chi connectivity index (χ1v) is 18.4. The van der Waals surface area contributed by atoms with Crippen molar-refractivity contribution in [1.82, 2.24) is 9.55 Å². The molecule has 8 aromatic carbocycles. The Bertz CT molecular complexity index is 3440. The Morgan fingerprint density at radius 2 is 1.05 bits per heavy atom. The van der Waals surface area contributed by atoms with Crippen molar-refractivity contribution in [3.63, 3.8) is 0 Å². The number of rotatable bonds is 5. The number of benzene rings is 8. The average molecular weight is 708 g/mol. The van der Waals surface area contributed by atoms with Crippen LogP contribution in [-0.4, -0.2) is 9.55 Å². The summed E-state index contributed by atoms with van der Waals surface area (Å²) in [5, 5.41) is 6.36. The average Bonchev–Trinajstić information content (AvgIpc) is 4.02. The zero-order chi connectivity index (χ0) is 36.0. The maximum Gasteiger partial charge on any atom is 0.227 e. The van der Waals surface area contributed by atoms with E-state index in [1.165, 1.54) is 5.39 Å². The molecule has 12 rings (SSSR count). The fourth-order valence-corrected chi connectivity index (χ4v) is 8.37. The van der Waals surface area contributed by atoms with Crippen LogP contribution in [0.3, 0.4) is 0 Å². The summed E-state index contributed by atoms with van der Waals surface area (Å²) in [4.78, 5) is 7.44. The van der Waals surface area contributed by atoms with Crippen molar-refractivity contribution in [2.45, 2.75) is 0 Å². The molecule has 6 nitrogen and oxygen atoms in total. The number of nitrogens with zero attached hydrogens (tertiary/aromatic N) is 3. The minimum absolute atomic E-state index is 0.545. The van der Waals surface area contributed by atoms with E-state index in [1.807, 2.05) is 66.7 Å². The van der Waals surface area contributed by atoms with E-state index in [0.29, 0.717) is 11.5 Å². The molecule has 0 saturated heterocycles. The highest BCUT2D eigenvalue weighted by Crippen LogP contribution is 2.47. The van der Waals surface area contributed by atoms with Gasteiger partial charge in [0.05, 0.1) is 27.8 Å². The van der Waals surface area contributed by atoms with Crippen LogP contribution in [0.2, 0.25) is 0 Å². The molecular weight excluding hydrogens is 679 g/mol. The van der Waals surface area contributed by atoms with Crippen LogP contribution in [0.5, 0.6) is 0 Å². The Hall–Kier alpha value is -7.57. The molecule has 0 spiro atoms. The second-order valence-electron chi connectivity index (χ2n) is 13.9. The van der Waals surface area contributed by atoms with Gasteiger partial charge >= 0.3 is 0 Å². The van der Waals surface area contributed by atoms with Gasteiger partial charge in [-0.25, -0.2) is 4.98 Å². The number of oxazole rings is 1. The van der Waals surface area contributed by atoms with Gasteiger partial charge in [-0.2, -0.15) is 0 Å². The molecule has 0 aliphatic heterocycles. The Morgan fingerprint density at radius 3 is 1.89 bits per heavy atom. The lowest BCUT2D eigenvalue weighted by atomic mass is 10.1. The van der Waals surface area contributed by atoms with Gasteiger partial charge in [0.1, 0.15) is 27.8 Å². The number of hydrogen-bond acceptors (Lipinski definition) is 5. The summed E-state index contributed by atoms with van der Waals surface area (Å²) in [5.74, 6) is 0.545. The number of aromatic nitrogens is 2. The van der Waals surface area contributed by atoms with Gasteiger partial charge < -0.3 is 22.7 Å². The van der Waals surface area contributed by atoms with Crippen LogP contribution in [-0.2, 0) is 0 Å². The van der Waals surface area contributed by atoms with Gasteiger partial charge in [-0.1, -0.05) is 91.0 Å². The smallest absolute Gasteiger partial charge is 0.227 e. The SMILES string of the molecule is c1ccc(-c2nc3c(o2)c(N(c2ccc4c(c2)oc2ccccc24)c2ccc4c(c2)c2ccccc2n4-c2ccccc2)cc2oc4ccccc4c23)cc1. The minimum Gasteiger partial charge on any atom is -0.456 e. The molecule has 55 heavy (non-hydrogen) atoms. The molecule has 0 N–H and O–H groups in total. The first-order chi connectivity index (χ1) is 27.3. The second-order valence-corrected chi connectivity index (χ2v) is 13.9. The predicted molar refractivity (Wildman–Crippen MR) is 223 cm³/mol. The Labute approximate surface area is 313 Å². The molecule has 0 radical (unpaired) electrons. The van der Waals surface area contributed by atoms with E-state index in [1.54, 1.807) is 0 Å². The number of anilines is 3. The van der Waals surface area contributed by atoms with Gasteiger partial charge in [0, 0.05) is 56.0 Å². The fraction of sp³-hybridized carbons (Fsp3) is 0. The highest BCUT2D eigenvalue weighted by Gasteiger charge is 2.26. The zero-order valence-corrected chi connectivity index (χ0v) is 29.3. The molecule has 0 bridgehead atoms. The summed E-state index contributed by atoms with van der Waals surface area (Å²) in [6, 6.07) is 60.7. The van der Waals surface area contributed by atoms with Crippen LogP contribution in [0.15, 0.2) is 189 Å². The molecule has 0 amide bonds. The monoisotopic (exact) mass is 707 g/mol. The summed E-state index contributed by atoms with van der Waals surface area (Å²) >= 11 is 0. The second kappa shape index (κ2) is 11.5. The van der Waals surface area contributed by atoms with Crippen molar-refractivity contribution in [3.05, 3.63) is 176 Å². The molecule has 4 aromatic heterocycles. The molecule has 12 aromatic rings. The predicted octanol–water partition coefficient (Wildman–Crippen LogP) is 13.9. The highest BCUT2D eigenvalue weighted by atomic mass is 16.4. The lowest BCUT2D eigenvalue weighted by Gasteiger charge is -2.25. The maximum absolute atomic E-state index is 6.87. The third-order valence-corrected chi connectivity index (χ3v) is 10.8. The summed E-state index contributed by atoms with van der Waals surface area (Å²) in [5.41, 5.74) is 11.5. The van der Waals surface area contributed by atoms with Gasteiger partial charge in [-0.3, -0.25) is 0 Å². The molecule has 258 valence electrons. The van der Waals surface area contributed by atoms with E-state index in [2.05, 4.69) is 119 Å². The van der Waals surface area contributed by atoms with Crippen LogP contribution < -0.4 is 4.90 Å². The highest BCUT2D eigenvalue weighted by molar-refractivity contribution is 6.21. The van der Waals surface area contributed by atoms with E-state index in [4.69, 9.17) is 18.2 Å². The van der Waals surface area contributed by atoms with E-state index in [0.717, 1.165) is 94.1 Å². The van der Waals surface area contributed by atoms with Crippen molar-refractivity contribution in [2.24, 2.45) is 0 Å². The van der Waals surface area contributed by atoms with Crippen LogP contribution in [0.25, 0.3) is 93.9 Å². The number of furan rings is 2. The summed E-state index contributed by atoms with van der Waals surface area (Å²) in [6.45, 7) is 0. The van der Waals surface area contributed by atoms with Crippen LogP contribution in [0.4, 0.5) is 17.1 Å². The van der Waals surface area contributed by atoms with Crippen molar-refractivity contribution in [2.75, 3.05) is 4.90 Å². The van der Waals surface area contributed by atoms with Crippen molar-refractivity contribution in [1.29, 1.82) is 0 Å². The van der Waals surface area contributed by atoms with Gasteiger partial charge in [0.25, 0.3) is 0 Å².